The zero-order chi connectivity index (χ0) is 21.2. The van der Waals surface area contributed by atoms with Gasteiger partial charge in [0.05, 0.1) is 5.52 Å². The number of nitrogens with zero attached hydrogens (tertiary/aromatic N) is 4. The molecular formula is C24H18FN5O. The standard InChI is InChI=1S/C24H18FN5O/c1-15-5-4-6-17(13-15)23-29-30-24(31-23)22-27-20-8-3-2-7-19(20)21(28-22)26-14-16-9-11-18(25)12-10-16/h2-13H,14H2,1H3,(H,26,27,28). The maximum absolute atomic E-state index is 13.2. The Morgan fingerprint density at radius 1 is 0.871 bits per heavy atom. The molecule has 152 valence electrons. The van der Waals surface area contributed by atoms with Crippen molar-refractivity contribution in [3.63, 3.8) is 0 Å². The number of aromatic nitrogens is 4. The predicted octanol–water partition coefficient (Wildman–Crippen LogP) is 5.41. The van der Waals surface area contributed by atoms with E-state index < -0.39 is 0 Å². The smallest absolute Gasteiger partial charge is 0.286 e. The number of hydrogen-bond donors (Lipinski definition) is 1. The molecule has 31 heavy (non-hydrogen) atoms. The van der Waals surface area contributed by atoms with Crippen molar-refractivity contribution >= 4 is 16.7 Å². The molecule has 6 nitrogen and oxygen atoms in total. The molecule has 0 aliphatic carbocycles. The molecule has 0 aliphatic heterocycles. The minimum Gasteiger partial charge on any atom is -0.413 e. The molecule has 0 aliphatic rings. The lowest BCUT2D eigenvalue weighted by Crippen LogP contribution is -2.04. The van der Waals surface area contributed by atoms with Crippen molar-refractivity contribution in [2.75, 3.05) is 5.32 Å². The quantitative estimate of drug-likeness (QED) is 0.417. The first kappa shape index (κ1) is 18.9. The van der Waals surface area contributed by atoms with Gasteiger partial charge in [0.15, 0.2) is 0 Å². The van der Waals surface area contributed by atoms with Gasteiger partial charge >= 0.3 is 0 Å². The van der Waals surface area contributed by atoms with Gasteiger partial charge in [0.2, 0.25) is 11.7 Å². The molecule has 1 N–H and O–H groups in total. The minimum atomic E-state index is -0.265. The summed E-state index contributed by atoms with van der Waals surface area (Å²) in [5.74, 6) is 1.37. The number of para-hydroxylation sites is 1. The lowest BCUT2D eigenvalue weighted by atomic mass is 10.1. The number of hydrogen-bond acceptors (Lipinski definition) is 6. The van der Waals surface area contributed by atoms with E-state index in [-0.39, 0.29) is 11.7 Å². The average Bonchev–Trinajstić information content (AvgIpc) is 3.29. The van der Waals surface area contributed by atoms with Gasteiger partial charge in [-0.15, -0.1) is 10.2 Å². The Balaban J connectivity index is 1.50. The van der Waals surface area contributed by atoms with Crippen LogP contribution < -0.4 is 5.32 Å². The van der Waals surface area contributed by atoms with Gasteiger partial charge in [0.25, 0.3) is 5.89 Å². The summed E-state index contributed by atoms with van der Waals surface area (Å²) in [5.41, 5.74) is 3.63. The highest BCUT2D eigenvalue weighted by Crippen LogP contribution is 2.27. The molecule has 0 fully saturated rings. The van der Waals surface area contributed by atoms with Crippen LogP contribution in [0.25, 0.3) is 34.1 Å². The molecule has 2 aromatic heterocycles. The van der Waals surface area contributed by atoms with E-state index in [1.165, 1.54) is 12.1 Å². The summed E-state index contributed by atoms with van der Waals surface area (Å²) in [4.78, 5) is 9.24. The Labute approximate surface area is 177 Å². The summed E-state index contributed by atoms with van der Waals surface area (Å²) in [6.07, 6.45) is 0. The highest BCUT2D eigenvalue weighted by molar-refractivity contribution is 5.90. The molecule has 5 aromatic rings. The summed E-state index contributed by atoms with van der Waals surface area (Å²) in [6.45, 7) is 2.49. The van der Waals surface area contributed by atoms with E-state index in [0.717, 1.165) is 27.6 Å². The number of aryl methyl sites for hydroxylation is 1. The van der Waals surface area contributed by atoms with Crippen LogP contribution >= 0.6 is 0 Å². The van der Waals surface area contributed by atoms with Crippen LogP contribution in [0.3, 0.4) is 0 Å². The minimum absolute atomic E-state index is 0.243. The number of halogens is 1. The van der Waals surface area contributed by atoms with Gasteiger partial charge in [-0.05, 0) is 48.9 Å². The van der Waals surface area contributed by atoms with Crippen LogP contribution in [0.4, 0.5) is 10.2 Å². The van der Waals surface area contributed by atoms with Crippen molar-refractivity contribution in [2.45, 2.75) is 13.5 Å². The average molecular weight is 411 g/mol. The monoisotopic (exact) mass is 411 g/mol. The van der Waals surface area contributed by atoms with Crippen LogP contribution in [-0.4, -0.2) is 20.2 Å². The number of nitrogens with one attached hydrogen (secondary N) is 1. The third-order valence-electron chi connectivity index (χ3n) is 4.86. The van der Waals surface area contributed by atoms with Gasteiger partial charge < -0.3 is 9.73 Å². The molecule has 2 heterocycles. The van der Waals surface area contributed by atoms with Gasteiger partial charge in [-0.1, -0.05) is 42.0 Å². The molecule has 0 bridgehead atoms. The fourth-order valence-corrected chi connectivity index (χ4v) is 3.30. The third kappa shape index (κ3) is 3.98. The van der Waals surface area contributed by atoms with Crippen molar-refractivity contribution in [3.8, 4) is 23.2 Å². The Kier molecular flexibility index (Phi) is 4.84. The highest BCUT2D eigenvalue weighted by Gasteiger charge is 2.16. The van der Waals surface area contributed by atoms with Crippen LogP contribution in [0.2, 0.25) is 0 Å². The number of rotatable bonds is 5. The van der Waals surface area contributed by atoms with Crippen molar-refractivity contribution in [3.05, 3.63) is 89.7 Å². The molecule has 0 saturated heterocycles. The lowest BCUT2D eigenvalue weighted by molar-refractivity contribution is 0.579. The van der Waals surface area contributed by atoms with Crippen LogP contribution in [-0.2, 0) is 6.54 Å². The predicted molar refractivity (Wildman–Crippen MR) is 117 cm³/mol. The molecule has 0 amide bonds. The molecule has 3 aromatic carbocycles. The van der Waals surface area contributed by atoms with E-state index in [0.29, 0.717) is 24.1 Å². The largest absolute Gasteiger partial charge is 0.413 e. The fourth-order valence-electron chi connectivity index (χ4n) is 3.30. The van der Waals surface area contributed by atoms with Crippen LogP contribution in [0, 0.1) is 12.7 Å². The second-order valence-electron chi connectivity index (χ2n) is 7.17. The van der Waals surface area contributed by atoms with Gasteiger partial charge in [0, 0.05) is 17.5 Å². The molecule has 0 unspecified atom stereocenters. The number of anilines is 1. The molecule has 0 saturated carbocycles. The van der Waals surface area contributed by atoms with Crippen LogP contribution in [0.5, 0.6) is 0 Å². The summed E-state index contributed by atoms with van der Waals surface area (Å²) >= 11 is 0. The summed E-state index contributed by atoms with van der Waals surface area (Å²) in [7, 11) is 0. The highest BCUT2D eigenvalue weighted by atomic mass is 19.1. The van der Waals surface area contributed by atoms with Crippen LogP contribution in [0.1, 0.15) is 11.1 Å². The first-order valence-electron chi connectivity index (χ1n) is 9.82. The lowest BCUT2D eigenvalue weighted by Gasteiger charge is -2.10. The van der Waals surface area contributed by atoms with E-state index in [1.54, 1.807) is 12.1 Å². The van der Waals surface area contributed by atoms with E-state index in [9.17, 15) is 4.39 Å². The normalized spacial score (nSPS) is 11.0. The number of benzene rings is 3. The topological polar surface area (TPSA) is 76.7 Å². The Morgan fingerprint density at radius 2 is 1.68 bits per heavy atom. The summed E-state index contributed by atoms with van der Waals surface area (Å²) < 4.78 is 19.1. The maximum atomic E-state index is 13.2. The second kappa shape index (κ2) is 7.95. The first-order valence-corrected chi connectivity index (χ1v) is 9.82. The molecule has 0 radical (unpaired) electrons. The van der Waals surface area contributed by atoms with Gasteiger partial charge in [-0.2, -0.15) is 0 Å². The van der Waals surface area contributed by atoms with Crippen molar-refractivity contribution in [2.24, 2.45) is 0 Å². The number of fused-ring (bicyclic) bond motifs is 1. The maximum Gasteiger partial charge on any atom is 0.286 e. The molecule has 5 rings (SSSR count). The second-order valence-corrected chi connectivity index (χ2v) is 7.17. The molecule has 0 atom stereocenters. The van der Waals surface area contributed by atoms with Crippen LogP contribution in [0.15, 0.2) is 77.2 Å². The summed E-state index contributed by atoms with van der Waals surface area (Å²) in [6, 6.07) is 21.9. The molecule has 7 heteroatoms. The summed E-state index contributed by atoms with van der Waals surface area (Å²) in [5, 5.41) is 12.5. The van der Waals surface area contributed by atoms with Gasteiger partial charge in [0.1, 0.15) is 11.6 Å². The zero-order valence-electron chi connectivity index (χ0n) is 16.7. The van der Waals surface area contributed by atoms with E-state index in [2.05, 4.69) is 25.5 Å². The van der Waals surface area contributed by atoms with Crippen molar-refractivity contribution < 1.29 is 8.81 Å². The van der Waals surface area contributed by atoms with E-state index in [4.69, 9.17) is 4.42 Å². The van der Waals surface area contributed by atoms with Gasteiger partial charge in [-0.3, -0.25) is 0 Å². The Morgan fingerprint density at radius 3 is 2.52 bits per heavy atom. The molecular weight excluding hydrogens is 393 g/mol. The first-order chi connectivity index (χ1) is 15.2. The zero-order valence-corrected chi connectivity index (χ0v) is 16.7. The van der Waals surface area contributed by atoms with E-state index in [1.807, 2.05) is 55.5 Å². The SMILES string of the molecule is Cc1cccc(-c2nnc(-c3nc(NCc4ccc(F)cc4)c4ccccc4n3)o2)c1. The van der Waals surface area contributed by atoms with Crippen molar-refractivity contribution in [1.29, 1.82) is 0 Å². The fraction of sp³-hybridized carbons (Fsp3) is 0.0833. The van der Waals surface area contributed by atoms with Gasteiger partial charge in [-0.25, -0.2) is 14.4 Å². The third-order valence-corrected chi connectivity index (χ3v) is 4.86. The molecule has 0 spiro atoms. The Hall–Kier alpha value is -4.13. The van der Waals surface area contributed by atoms with E-state index >= 15 is 0 Å². The van der Waals surface area contributed by atoms with Crippen molar-refractivity contribution in [1.82, 2.24) is 20.2 Å². The Bertz CT molecular complexity index is 1360.